The van der Waals surface area contributed by atoms with E-state index >= 15 is 0 Å². The Balaban J connectivity index is 1.70. The Morgan fingerprint density at radius 3 is 2.61 bits per heavy atom. The van der Waals surface area contributed by atoms with Crippen LogP contribution in [0, 0.1) is 0 Å². The van der Waals surface area contributed by atoms with Gasteiger partial charge < -0.3 is 5.32 Å². The summed E-state index contributed by atoms with van der Waals surface area (Å²) < 4.78 is 1.82. The van der Waals surface area contributed by atoms with Crippen molar-refractivity contribution in [3.63, 3.8) is 0 Å². The summed E-state index contributed by atoms with van der Waals surface area (Å²) in [5, 5.41) is 7.95. The fraction of sp³-hybridized carbons (Fsp3) is 0.571. The number of nitrogens with one attached hydrogen (secondary N) is 1. The van der Waals surface area contributed by atoms with Gasteiger partial charge in [-0.3, -0.25) is 0 Å². The molecule has 3 rings (SSSR count). The zero-order valence-electron chi connectivity index (χ0n) is 10.7. The SMILES string of the molecule is c1ccn2nc(NC3CCCCCCC3)nc2c1. The molecular weight excluding hydrogens is 224 g/mol. The molecule has 1 saturated carbocycles. The molecule has 0 amide bonds. The van der Waals surface area contributed by atoms with E-state index in [1.807, 2.05) is 28.9 Å². The van der Waals surface area contributed by atoms with E-state index in [0.29, 0.717) is 6.04 Å². The minimum absolute atomic E-state index is 0.544. The summed E-state index contributed by atoms with van der Waals surface area (Å²) in [7, 11) is 0. The molecule has 18 heavy (non-hydrogen) atoms. The molecule has 96 valence electrons. The van der Waals surface area contributed by atoms with Crippen molar-refractivity contribution in [2.24, 2.45) is 0 Å². The highest BCUT2D eigenvalue weighted by Crippen LogP contribution is 2.19. The van der Waals surface area contributed by atoms with Crippen LogP contribution in [0.25, 0.3) is 5.65 Å². The second kappa shape index (κ2) is 5.38. The van der Waals surface area contributed by atoms with Gasteiger partial charge in [0.25, 0.3) is 0 Å². The molecule has 0 spiro atoms. The highest BCUT2D eigenvalue weighted by atomic mass is 15.3. The zero-order chi connectivity index (χ0) is 12.2. The van der Waals surface area contributed by atoms with Crippen LogP contribution < -0.4 is 5.32 Å². The average Bonchev–Trinajstić information content (AvgIpc) is 2.74. The van der Waals surface area contributed by atoms with Crippen LogP contribution in [0.4, 0.5) is 5.95 Å². The molecule has 0 aliphatic heterocycles. The van der Waals surface area contributed by atoms with Crippen LogP contribution in [0.5, 0.6) is 0 Å². The van der Waals surface area contributed by atoms with Crippen LogP contribution in [0.3, 0.4) is 0 Å². The lowest BCUT2D eigenvalue weighted by molar-refractivity contribution is 0.470. The summed E-state index contributed by atoms with van der Waals surface area (Å²) in [6, 6.07) is 6.49. The third-order valence-corrected chi connectivity index (χ3v) is 3.68. The quantitative estimate of drug-likeness (QED) is 0.881. The molecule has 0 atom stereocenters. The summed E-state index contributed by atoms with van der Waals surface area (Å²) in [5.74, 6) is 0.770. The number of pyridine rings is 1. The topological polar surface area (TPSA) is 42.2 Å². The second-order valence-electron chi connectivity index (χ2n) is 5.13. The smallest absolute Gasteiger partial charge is 0.243 e. The van der Waals surface area contributed by atoms with Gasteiger partial charge in [-0.2, -0.15) is 4.98 Å². The number of hydrogen-bond acceptors (Lipinski definition) is 3. The Labute approximate surface area is 107 Å². The number of nitrogens with zero attached hydrogens (tertiary/aromatic N) is 3. The maximum Gasteiger partial charge on any atom is 0.243 e. The van der Waals surface area contributed by atoms with Crippen LogP contribution in [0.1, 0.15) is 44.9 Å². The van der Waals surface area contributed by atoms with Crippen molar-refractivity contribution in [1.29, 1.82) is 0 Å². The molecule has 1 fully saturated rings. The Hall–Kier alpha value is -1.58. The van der Waals surface area contributed by atoms with Crippen molar-refractivity contribution in [1.82, 2.24) is 14.6 Å². The third-order valence-electron chi connectivity index (χ3n) is 3.68. The standard InChI is InChI=1S/C14H20N4/c1-2-4-8-12(9-5-3-1)15-14-16-13-10-6-7-11-18(13)17-14/h6-7,10-12H,1-5,8-9H2,(H,15,17). The summed E-state index contributed by atoms with van der Waals surface area (Å²) in [4.78, 5) is 4.50. The van der Waals surface area contributed by atoms with Crippen LogP contribution in [-0.4, -0.2) is 20.6 Å². The van der Waals surface area contributed by atoms with Gasteiger partial charge in [0.15, 0.2) is 5.65 Å². The van der Waals surface area contributed by atoms with Gasteiger partial charge in [-0.15, -0.1) is 5.10 Å². The van der Waals surface area contributed by atoms with E-state index in [2.05, 4.69) is 15.4 Å². The minimum atomic E-state index is 0.544. The second-order valence-corrected chi connectivity index (χ2v) is 5.13. The van der Waals surface area contributed by atoms with Crippen LogP contribution in [0.2, 0.25) is 0 Å². The number of hydrogen-bond donors (Lipinski definition) is 1. The molecule has 1 N–H and O–H groups in total. The van der Waals surface area contributed by atoms with Crippen molar-refractivity contribution in [2.45, 2.75) is 51.0 Å². The van der Waals surface area contributed by atoms with Gasteiger partial charge >= 0.3 is 0 Å². The molecule has 0 unspecified atom stereocenters. The van der Waals surface area contributed by atoms with E-state index in [9.17, 15) is 0 Å². The maximum atomic E-state index is 4.50. The van der Waals surface area contributed by atoms with Crippen LogP contribution >= 0.6 is 0 Å². The Morgan fingerprint density at radius 2 is 1.83 bits per heavy atom. The van der Waals surface area contributed by atoms with E-state index < -0.39 is 0 Å². The van der Waals surface area contributed by atoms with Gasteiger partial charge in [0.05, 0.1) is 0 Å². The Morgan fingerprint density at radius 1 is 1.06 bits per heavy atom. The van der Waals surface area contributed by atoms with E-state index in [4.69, 9.17) is 0 Å². The molecule has 1 aliphatic carbocycles. The van der Waals surface area contributed by atoms with E-state index in [-0.39, 0.29) is 0 Å². The predicted octanol–water partition coefficient (Wildman–Crippen LogP) is 3.25. The average molecular weight is 244 g/mol. The predicted molar refractivity (Wildman–Crippen MR) is 72.7 cm³/mol. The first kappa shape index (κ1) is 11.5. The van der Waals surface area contributed by atoms with E-state index in [1.165, 1.54) is 44.9 Å². The molecule has 4 heteroatoms. The van der Waals surface area contributed by atoms with Gasteiger partial charge in [-0.25, -0.2) is 4.52 Å². The molecule has 0 saturated heterocycles. The van der Waals surface area contributed by atoms with E-state index in [0.717, 1.165) is 11.6 Å². The van der Waals surface area contributed by atoms with Gasteiger partial charge in [0.1, 0.15) is 0 Å². The molecule has 2 aromatic rings. The molecule has 0 aromatic carbocycles. The lowest BCUT2D eigenvalue weighted by Gasteiger charge is -2.19. The molecular formula is C14H20N4. The monoisotopic (exact) mass is 244 g/mol. The maximum absolute atomic E-state index is 4.50. The first-order valence-corrected chi connectivity index (χ1v) is 7.00. The van der Waals surface area contributed by atoms with Crippen molar-refractivity contribution < 1.29 is 0 Å². The number of rotatable bonds is 2. The zero-order valence-corrected chi connectivity index (χ0v) is 10.7. The summed E-state index contributed by atoms with van der Waals surface area (Å²) in [6.45, 7) is 0. The normalized spacial score (nSPS) is 18.4. The van der Waals surface area contributed by atoms with Gasteiger partial charge in [0, 0.05) is 12.2 Å². The lowest BCUT2D eigenvalue weighted by Crippen LogP contribution is -2.21. The number of fused-ring (bicyclic) bond motifs is 1. The molecule has 0 bridgehead atoms. The fourth-order valence-electron chi connectivity index (χ4n) is 2.68. The molecule has 0 radical (unpaired) electrons. The molecule has 1 aliphatic rings. The first-order valence-electron chi connectivity index (χ1n) is 7.00. The Bertz CT molecular complexity index is 464. The van der Waals surface area contributed by atoms with Crippen molar-refractivity contribution in [3.05, 3.63) is 24.4 Å². The molecule has 2 aromatic heterocycles. The fourth-order valence-corrected chi connectivity index (χ4v) is 2.68. The largest absolute Gasteiger partial charge is 0.350 e. The Kier molecular flexibility index (Phi) is 3.44. The third kappa shape index (κ3) is 2.63. The van der Waals surface area contributed by atoms with Crippen molar-refractivity contribution in [2.75, 3.05) is 5.32 Å². The van der Waals surface area contributed by atoms with Gasteiger partial charge in [0.2, 0.25) is 5.95 Å². The summed E-state index contributed by atoms with van der Waals surface area (Å²) in [6.07, 6.45) is 11.2. The van der Waals surface area contributed by atoms with Crippen LogP contribution in [-0.2, 0) is 0 Å². The van der Waals surface area contributed by atoms with Crippen molar-refractivity contribution in [3.8, 4) is 0 Å². The highest BCUT2D eigenvalue weighted by molar-refractivity contribution is 5.43. The first-order chi connectivity index (χ1) is 8.92. The lowest BCUT2D eigenvalue weighted by atomic mass is 9.97. The molecule has 4 nitrogen and oxygen atoms in total. The number of aromatic nitrogens is 3. The van der Waals surface area contributed by atoms with Crippen LogP contribution in [0.15, 0.2) is 24.4 Å². The van der Waals surface area contributed by atoms with Crippen molar-refractivity contribution >= 4 is 11.6 Å². The van der Waals surface area contributed by atoms with Gasteiger partial charge in [-0.05, 0) is 25.0 Å². The van der Waals surface area contributed by atoms with E-state index in [1.54, 1.807) is 0 Å². The summed E-state index contributed by atoms with van der Waals surface area (Å²) >= 11 is 0. The molecule has 2 heterocycles. The number of anilines is 1. The summed E-state index contributed by atoms with van der Waals surface area (Å²) in [5.41, 5.74) is 0.908. The minimum Gasteiger partial charge on any atom is -0.350 e. The van der Waals surface area contributed by atoms with Gasteiger partial charge in [-0.1, -0.05) is 38.2 Å². The highest BCUT2D eigenvalue weighted by Gasteiger charge is 2.13.